The Morgan fingerprint density at radius 3 is 2.38 bits per heavy atom. The number of nitrogens with zero attached hydrogens (tertiary/aromatic N) is 2. The topological polar surface area (TPSA) is 50.3 Å². The maximum atomic E-state index is 13.9. The molecule has 0 bridgehead atoms. The van der Waals surface area contributed by atoms with Crippen LogP contribution in [0.15, 0.2) is 42.5 Å². The quantitative estimate of drug-likeness (QED) is 0.494. The Morgan fingerprint density at radius 1 is 1.03 bits per heavy atom. The maximum Gasteiger partial charge on any atom is 0.265 e. The lowest BCUT2D eigenvalue weighted by Crippen LogP contribution is -2.40. The Balaban J connectivity index is 1.40. The Bertz CT molecular complexity index is 1150. The van der Waals surface area contributed by atoms with Gasteiger partial charge < -0.3 is 4.90 Å². The van der Waals surface area contributed by atoms with Crippen LogP contribution in [0.4, 0.5) is 13.2 Å². The number of aryl methyl sites for hydroxylation is 1. The Kier molecular flexibility index (Phi) is 6.41. The predicted octanol–water partition coefficient (Wildman–Crippen LogP) is 5.19. The van der Waals surface area contributed by atoms with Gasteiger partial charge in [0.05, 0.1) is 16.3 Å². The average molecular weight is 459 g/mol. The van der Waals surface area contributed by atoms with Crippen molar-refractivity contribution in [3.05, 3.63) is 86.6 Å². The zero-order valence-electron chi connectivity index (χ0n) is 17.4. The number of rotatable bonds is 5. The number of aromatic nitrogens is 1. The smallest absolute Gasteiger partial charge is 0.265 e. The van der Waals surface area contributed by atoms with Crippen LogP contribution in [-0.4, -0.2) is 34.7 Å². The SMILES string of the molecule is Cc1nc(Cc2ccc(F)cc2)sc1C(=O)N1CCC(C(=O)c2cc(F)ccc2F)CC1. The zero-order chi connectivity index (χ0) is 22.8. The first kappa shape index (κ1) is 22.2. The number of piperidine rings is 1. The fourth-order valence-electron chi connectivity index (χ4n) is 3.90. The van der Waals surface area contributed by atoms with Crippen LogP contribution in [0.25, 0.3) is 0 Å². The van der Waals surface area contributed by atoms with E-state index in [4.69, 9.17) is 0 Å². The highest BCUT2D eigenvalue weighted by atomic mass is 32.1. The van der Waals surface area contributed by atoms with Gasteiger partial charge in [0.25, 0.3) is 5.91 Å². The lowest BCUT2D eigenvalue weighted by Gasteiger charge is -2.31. The monoisotopic (exact) mass is 458 g/mol. The van der Waals surface area contributed by atoms with Gasteiger partial charge in [-0.3, -0.25) is 9.59 Å². The Hall–Kier alpha value is -3.00. The van der Waals surface area contributed by atoms with Crippen molar-refractivity contribution in [3.63, 3.8) is 0 Å². The number of hydrogen-bond acceptors (Lipinski definition) is 4. The molecule has 0 saturated carbocycles. The number of thiazole rings is 1. The van der Waals surface area contributed by atoms with Gasteiger partial charge in [0.15, 0.2) is 5.78 Å². The van der Waals surface area contributed by atoms with Crippen molar-refractivity contribution in [2.24, 2.45) is 5.92 Å². The molecule has 2 heterocycles. The first-order valence-electron chi connectivity index (χ1n) is 10.3. The molecule has 0 N–H and O–H groups in total. The van der Waals surface area contributed by atoms with Gasteiger partial charge in [-0.2, -0.15) is 0 Å². The molecule has 0 aliphatic carbocycles. The summed E-state index contributed by atoms with van der Waals surface area (Å²) in [6.07, 6.45) is 1.29. The molecule has 1 fully saturated rings. The van der Waals surface area contributed by atoms with Crippen LogP contribution in [0.2, 0.25) is 0 Å². The molecule has 0 radical (unpaired) electrons. The van der Waals surface area contributed by atoms with Crippen molar-refractivity contribution in [2.45, 2.75) is 26.2 Å². The van der Waals surface area contributed by atoms with Crippen LogP contribution < -0.4 is 0 Å². The van der Waals surface area contributed by atoms with Crippen molar-refractivity contribution in [3.8, 4) is 0 Å². The summed E-state index contributed by atoms with van der Waals surface area (Å²) in [6, 6.07) is 9.03. The van der Waals surface area contributed by atoms with Crippen LogP contribution >= 0.6 is 11.3 Å². The van der Waals surface area contributed by atoms with Crippen molar-refractivity contribution in [2.75, 3.05) is 13.1 Å². The number of benzene rings is 2. The number of likely N-dealkylation sites (tertiary alicyclic amines) is 1. The molecule has 32 heavy (non-hydrogen) atoms. The summed E-state index contributed by atoms with van der Waals surface area (Å²) in [5, 5.41) is 0.768. The van der Waals surface area contributed by atoms with Gasteiger partial charge in [0, 0.05) is 25.4 Å². The molecule has 1 aliphatic heterocycles. The first-order valence-corrected chi connectivity index (χ1v) is 11.1. The van der Waals surface area contributed by atoms with Crippen LogP contribution in [0.5, 0.6) is 0 Å². The number of carbonyl (C=O) groups is 2. The second-order valence-corrected chi connectivity index (χ2v) is 8.96. The Morgan fingerprint density at radius 2 is 1.69 bits per heavy atom. The van der Waals surface area contributed by atoms with Gasteiger partial charge in [-0.25, -0.2) is 18.2 Å². The van der Waals surface area contributed by atoms with E-state index in [2.05, 4.69) is 4.98 Å². The van der Waals surface area contributed by atoms with Gasteiger partial charge in [0.2, 0.25) is 0 Å². The van der Waals surface area contributed by atoms with Crippen LogP contribution in [0, 0.1) is 30.3 Å². The first-order chi connectivity index (χ1) is 15.3. The largest absolute Gasteiger partial charge is 0.338 e. The van der Waals surface area contributed by atoms with E-state index >= 15 is 0 Å². The second-order valence-electron chi connectivity index (χ2n) is 7.88. The van der Waals surface area contributed by atoms with E-state index in [9.17, 15) is 22.8 Å². The molecule has 1 aliphatic rings. The normalized spacial score (nSPS) is 14.6. The number of halogens is 3. The van der Waals surface area contributed by atoms with Crippen LogP contribution in [0.1, 0.15) is 49.1 Å². The number of ketones is 1. The summed E-state index contributed by atoms with van der Waals surface area (Å²) in [5.41, 5.74) is 1.30. The average Bonchev–Trinajstić information content (AvgIpc) is 3.16. The van der Waals surface area contributed by atoms with Gasteiger partial charge in [-0.15, -0.1) is 11.3 Å². The van der Waals surface area contributed by atoms with E-state index in [-0.39, 0.29) is 17.3 Å². The van der Waals surface area contributed by atoms with Gasteiger partial charge in [-0.1, -0.05) is 12.1 Å². The lowest BCUT2D eigenvalue weighted by atomic mass is 9.88. The zero-order valence-corrected chi connectivity index (χ0v) is 18.2. The van der Waals surface area contributed by atoms with Gasteiger partial charge in [-0.05, 0) is 55.7 Å². The second kappa shape index (κ2) is 9.24. The van der Waals surface area contributed by atoms with E-state index < -0.39 is 23.3 Å². The van der Waals surface area contributed by atoms with E-state index in [0.29, 0.717) is 42.9 Å². The van der Waals surface area contributed by atoms with Gasteiger partial charge in [0.1, 0.15) is 22.3 Å². The summed E-state index contributed by atoms with van der Waals surface area (Å²) in [5.74, 6) is -2.71. The van der Waals surface area contributed by atoms with E-state index in [0.717, 1.165) is 28.8 Å². The number of hydrogen-bond donors (Lipinski definition) is 0. The third-order valence-corrected chi connectivity index (χ3v) is 6.80. The summed E-state index contributed by atoms with van der Waals surface area (Å²) in [7, 11) is 0. The molecular weight excluding hydrogens is 437 g/mol. The minimum Gasteiger partial charge on any atom is -0.338 e. The highest BCUT2D eigenvalue weighted by Crippen LogP contribution is 2.27. The summed E-state index contributed by atoms with van der Waals surface area (Å²) >= 11 is 1.31. The van der Waals surface area contributed by atoms with Crippen LogP contribution in [-0.2, 0) is 6.42 Å². The third kappa shape index (κ3) is 4.75. The van der Waals surface area contributed by atoms with E-state index in [1.807, 2.05) is 0 Å². The van der Waals surface area contributed by atoms with Crippen molar-refractivity contribution < 1.29 is 22.8 Å². The summed E-state index contributed by atoms with van der Waals surface area (Å²) in [6.45, 7) is 2.49. The molecule has 0 unspecified atom stereocenters. The molecule has 0 spiro atoms. The molecule has 4 rings (SSSR count). The molecule has 166 valence electrons. The highest BCUT2D eigenvalue weighted by Gasteiger charge is 2.31. The summed E-state index contributed by atoms with van der Waals surface area (Å²) < 4.78 is 40.5. The Labute approximate surface area is 187 Å². The standard InChI is InChI=1S/C24H21F3N2O2S/c1-14-23(32-21(28-14)12-15-2-4-17(25)5-3-15)24(31)29-10-8-16(9-11-29)22(30)19-13-18(26)6-7-20(19)27/h2-7,13,16H,8-12H2,1H3. The fourth-order valence-corrected chi connectivity index (χ4v) is 4.96. The molecule has 4 nitrogen and oxygen atoms in total. The van der Waals surface area contributed by atoms with E-state index in [1.54, 1.807) is 24.0 Å². The molecule has 1 saturated heterocycles. The third-order valence-electron chi connectivity index (χ3n) is 5.65. The number of Topliss-reactive ketones (excluding diaryl/α,β-unsaturated/α-hetero) is 1. The summed E-state index contributed by atoms with van der Waals surface area (Å²) in [4.78, 5) is 32.4. The molecular formula is C24H21F3N2O2S. The number of carbonyl (C=O) groups excluding carboxylic acids is 2. The fraction of sp³-hybridized carbons (Fsp3) is 0.292. The van der Waals surface area contributed by atoms with E-state index in [1.165, 1.54) is 23.5 Å². The van der Waals surface area contributed by atoms with Crippen LogP contribution in [0.3, 0.4) is 0 Å². The van der Waals surface area contributed by atoms with Crippen molar-refractivity contribution in [1.82, 2.24) is 9.88 Å². The van der Waals surface area contributed by atoms with Crippen molar-refractivity contribution >= 4 is 23.0 Å². The molecule has 1 amide bonds. The lowest BCUT2D eigenvalue weighted by molar-refractivity contribution is 0.0652. The highest BCUT2D eigenvalue weighted by molar-refractivity contribution is 7.13. The predicted molar refractivity (Wildman–Crippen MR) is 115 cm³/mol. The molecule has 3 aromatic rings. The minimum atomic E-state index is -0.733. The van der Waals surface area contributed by atoms with Crippen molar-refractivity contribution in [1.29, 1.82) is 0 Å². The molecule has 1 aromatic heterocycles. The molecule has 2 aromatic carbocycles. The molecule has 0 atom stereocenters. The molecule has 8 heteroatoms. The number of amides is 1. The minimum absolute atomic E-state index is 0.145. The van der Waals surface area contributed by atoms with Gasteiger partial charge >= 0.3 is 0 Å². The maximum absolute atomic E-state index is 13.9.